The Kier molecular flexibility index (Phi) is 6.16. The molecule has 0 saturated carbocycles. The van der Waals surface area contributed by atoms with Crippen molar-refractivity contribution in [2.24, 2.45) is 0 Å². The summed E-state index contributed by atoms with van der Waals surface area (Å²) in [6.45, 7) is 0. The van der Waals surface area contributed by atoms with Gasteiger partial charge in [-0.1, -0.05) is 0 Å². The Bertz CT molecular complexity index is 2930. The summed E-state index contributed by atoms with van der Waals surface area (Å²) in [5.41, 5.74) is 12.1. The van der Waals surface area contributed by atoms with Crippen molar-refractivity contribution in [3.05, 3.63) is 158 Å². The van der Waals surface area contributed by atoms with Crippen LogP contribution in [0.1, 0.15) is 0 Å². The Morgan fingerprint density at radius 1 is 0.431 bits per heavy atom. The molecule has 0 spiro atoms. The number of pyridine rings is 1. The Balaban J connectivity index is 1.10. The molecule has 0 bridgehead atoms. The number of fused-ring (bicyclic) bond motifs is 9. The molecule has 0 atom stereocenters. The molecular weight excluding hydrogens is 691 g/mol. The van der Waals surface area contributed by atoms with E-state index in [2.05, 4.69) is 170 Å². The third kappa shape index (κ3) is 4.23. The van der Waals surface area contributed by atoms with E-state index in [0.29, 0.717) is 0 Å². The van der Waals surface area contributed by atoms with Gasteiger partial charge in [0.1, 0.15) is 0 Å². The van der Waals surface area contributed by atoms with Crippen LogP contribution < -0.4 is 0 Å². The molecule has 238 valence electrons. The van der Waals surface area contributed by atoms with Crippen molar-refractivity contribution in [2.45, 2.75) is 0 Å². The first kappa shape index (κ1) is 28.4. The monoisotopic (exact) mass is 718 g/mol. The van der Waals surface area contributed by atoms with Crippen molar-refractivity contribution < 1.29 is 0 Å². The van der Waals surface area contributed by atoms with Crippen LogP contribution >= 0.6 is 0 Å². The van der Waals surface area contributed by atoms with Gasteiger partial charge in [0, 0.05) is 0 Å². The van der Waals surface area contributed by atoms with Crippen LogP contribution in [0.25, 0.3) is 96.8 Å². The predicted octanol–water partition coefficient (Wildman–Crippen LogP) is 10.2. The molecule has 7 heteroatoms. The van der Waals surface area contributed by atoms with E-state index in [-0.39, 0.29) is 14.5 Å². The molecule has 0 aliphatic heterocycles. The van der Waals surface area contributed by atoms with Crippen LogP contribution in [0.3, 0.4) is 0 Å². The summed E-state index contributed by atoms with van der Waals surface area (Å²) in [6.07, 6.45) is 3.95. The summed E-state index contributed by atoms with van der Waals surface area (Å²) in [5.74, 6) is 0. The molecule has 0 aliphatic rings. The molecule has 0 aliphatic carbocycles. The molecule has 0 fully saturated rings. The average molecular weight is 718 g/mol. The third-order valence-corrected chi connectivity index (χ3v) is 12.6. The average Bonchev–Trinajstić information content (AvgIpc) is 3.86. The summed E-state index contributed by atoms with van der Waals surface area (Å²) in [4.78, 5) is 4.75. The summed E-state index contributed by atoms with van der Waals surface area (Å²) < 4.78 is 7.10. The van der Waals surface area contributed by atoms with Gasteiger partial charge < -0.3 is 0 Å². The molecule has 0 radical (unpaired) electrons. The van der Waals surface area contributed by atoms with Gasteiger partial charge in [0.05, 0.1) is 0 Å². The Hall–Kier alpha value is -6.40. The van der Waals surface area contributed by atoms with Gasteiger partial charge in [-0.3, -0.25) is 0 Å². The summed E-state index contributed by atoms with van der Waals surface area (Å²) in [6, 6.07) is 51.9. The molecule has 6 aromatic carbocycles. The molecule has 0 amide bonds. The van der Waals surface area contributed by atoms with Crippen LogP contribution in [-0.4, -0.2) is 44.0 Å². The zero-order valence-corrected chi connectivity index (χ0v) is 28.8. The number of rotatable bonds is 4. The van der Waals surface area contributed by atoms with Crippen molar-refractivity contribution in [3.8, 4) is 33.8 Å². The van der Waals surface area contributed by atoms with E-state index in [1.165, 1.54) is 42.4 Å². The molecule has 0 saturated heterocycles. The van der Waals surface area contributed by atoms with E-state index in [1.807, 2.05) is 12.4 Å². The van der Waals surface area contributed by atoms with E-state index >= 15 is 0 Å². The van der Waals surface area contributed by atoms with Crippen LogP contribution in [0, 0.1) is 0 Å². The van der Waals surface area contributed by atoms with Gasteiger partial charge in [0.15, 0.2) is 0 Å². The second-order valence-electron chi connectivity index (χ2n) is 12.8. The van der Waals surface area contributed by atoms with Gasteiger partial charge in [-0.15, -0.1) is 0 Å². The standard InChI is InChI=1S/C44H26N6Se/c1-3-11-29(12-4-1)49-37-17-9-7-15-31(37)33-23-27(19-21-39(33)49)35-25-45-26-36-42-44(51-43(35)36)41(46-48-47-42)28-20-22-40-34(24-28)32-16-8-10-18-38(32)50(40)30-13-5-2-6-14-30/h1-26H. The van der Waals surface area contributed by atoms with Crippen LogP contribution in [0.5, 0.6) is 0 Å². The van der Waals surface area contributed by atoms with Crippen LogP contribution in [0.2, 0.25) is 0 Å². The third-order valence-electron chi connectivity index (χ3n) is 10.0. The first-order valence-corrected chi connectivity index (χ1v) is 18.6. The molecule has 0 N–H and O–H groups in total. The first-order valence-electron chi connectivity index (χ1n) is 16.9. The summed E-state index contributed by atoms with van der Waals surface area (Å²) in [7, 11) is 0. The second-order valence-corrected chi connectivity index (χ2v) is 15.0. The minimum absolute atomic E-state index is 0.0544. The maximum absolute atomic E-state index is 4.75. The molecule has 51 heavy (non-hydrogen) atoms. The number of hydrogen-bond donors (Lipinski definition) is 0. The van der Waals surface area contributed by atoms with Crippen molar-refractivity contribution in [3.63, 3.8) is 0 Å². The van der Waals surface area contributed by atoms with Gasteiger partial charge >= 0.3 is 299 Å². The van der Waals surface area contributed by atoms with Crippen molar-refractivity contribution >= 4 is 77.5 Å². The number of para-hydroxylation sites is 4. The normalized spacial score (nSPS) is 11.9. The maximum atomic E-state index is 4.75. The van der Waals surface area contributed by atoms with E-state index in [1.54, 1.807) is 0 Å². The Morgan fingerprint density at radius 3 is 1.63 bits per heavy atom. The summed E-state index contributed by atoms with van der Waals surface area (Å²) >= 11 is -0.0544. The quantitative estimate of drug-likeness (QED) is 0.170. The molecule has 5 aromatic heterocycles. The Labute approximate surface area is 297 Å². The predicted molar refractivity (Wildman–Crippen MR) is 209 cm³/mol. The molecule has 11 aromatic rings. The van der Waals surface area contributed by atoms with E-state index < -0.39 is 0 Å². The fourth-order valence-electron chi connectivity index (χ4n) is 7.78. The topological polar surface area (TPSA) is 61.4 Å². The van der Waals surface area contributed by atoms with Crippen LogP contribution in [0.4, 0.5) is 0 Å². The van der Waals surface area contributed by atoms with Crippen LogP contribution in [0.15, 0.2) is 158 Å². The van der Waals surface area contributed by atoms with E-state index in [0.717, 1.165) is 54.4 Å². The fraction of sp³-hybridized carbons (Fsp3) is 0. The molecule has 5 heterocycles. The fourth-order valence-corrected chi connectivity index (χ4v) is 10.4. The molecular formula is C44H26N6Se. The molecule has 0 unspecified atom stereocenters. The van der Waals surface area contributed by atoms with Gasteiger partial charge in [-0.05, 0) is 0 Å². The number of benzene rings is 6. The molecule has 11 rings (SSSR count). The second kappa shape index (κ2) is 11.1. The zero-order valence-electron chi connectivity index (χ0n) is 27.1. The zero-order chi connectivity index (χ0) is 33.5. The van der Waals surface area contributed by atoms with Crippen molar-refractivity contribution in [1.82, 2.24) is 29.5 Å². The van der Waals surface area contributed by atoms with Crippen molar-refractivity contribution in [2.75, 3.05) is 0 Å². The van der Waals surface area contributed by atoms with Crippen molar-refractivity contribution in [1.29, 1.82) is 0 Å². The van der Waals surface area contributed by atoms with Gasteiger partial charge in [0.2, 0.25) is 0 Å². The number of nitrogens with zero attached hydrogens (tertiary/aromatic N) is 6. The van der Waals surface area contributed by atoms with Gasteiger partial charge in [-0.25, -0.2) is 0 Å². The number of aromatic nitrogens is 6. The first-order chi connectivity index (χ1) is 25.3. The van der Waals surface area contributed by atoms with Crippen LogP contribution in [-0.2, 0) is 0 Å². The summed E-state index contributed by atoms with van der Waals surface area (Å²) in [5, 5.41) is 19.5. The Morgan fingerprint density at radius 2 is 0.980 bits per heavy atom. The van der Waals surface area contributed by atoms with Gasteiger partial charge in [-0.2, -0.15) is 0 Å². The molecule has 6 nitrogen and oxygen atoms in total. The minimum atomic E-state index is -0.0544. The van der Waals surface area contributed by atoms with E-state index in [9.17, 15) is 0 Å². The van der Waals surface area contributed by atoms with Gasteiger partial charge in [0.25, 0.3) is 0 Å². The SMILES string of the molecule is c1ccc(-n2c3ccccc3c3cc(-c4cncc5c4[se]c4c(-c6ccc7c(c6)c6ccccc6n7-c6ccccc6)nnnc45)ccc32)cc1. The van der Waals surface area contributed by atoms with E-state index in [4.69, 9.17) is 4.98 Å². The number of hydrogen-bond acceptors (Lipinski definition) is 4.